The number of likely N-dealkylation sites (tertiary alicyclic amines) is 1. The van der Waals surface area contributed by atoms with Gasteiger partial charge in [-0.1, -0.05) is 12.1 Å². The third-order valence-corrected chi connectivity index (χ3v) is 7.15. The molecule has 1 spiro atoms. The van der Waals surface area contributed by atoms with Crippen molar-refractivity contribution >= 4 is 28.8 Å². The van der Waals surface area contributed by atoms with Crippen LogP contribution in [0.4, 0.5) is 11.8 Å². The van der Waals surface area contributed by atoms with E-state index in [1.807, 2.05) is 29.2 Å². The zero-order chi connectivity index (χ0) is 24.1. The van der Waals surface area contributed by atoms with Crippen molar-refractivity contribution in [3.05, 3.63) is 41.7 Å². The van der Waals surface area contributed by atoms with Gasteiger partial charge in [0.15, 0.2) is 11.5 Å². The van der Waals surface area contributed by atoms with E-state index in [2.05, 4.69) is 15.0 Å². The van der Waals surface area contributed by atoms with E-state index in [1.165, 1.54) is 0 Å². The molecule has 1 aromatic carbocycles. The molecule has 2 aliphatic heterocycles. The predicted molar refractivity (Wildman–Crippen MR) is 127 cm³/mol. The van der Waals surface area contributed by atoms with Crippen molar-refractivity contribution in [3.8, 4) is 0 Å². The number of nitrogens with two attached hydrogens (primary N) is 3. The number of nitrogen functional groups attached to an aromatic ring is 2. The number of imidazole rings is 1. The van der Waals surface area contributed by atoms with E-state index in [0.717, 1.165) is 5.56 Å². The molecule has 11 heteroatoms. The molecule has 7 N–H and O–H groups in total. The molecule has 0 aliphatic carbocycles. The van der Waals surface area contributed by atoms with Gasteiger partial charge < -0.3 is 36.5 Å². The topological polar surface area (TPSA) is 171 Å². The summed E-state index contributed by atoms with van der Waals surface area (Å²) >= 11 is 0. The fourth-order valence-electron chi connectivity index (χ4n) is 5.22. The lowest BCUT2D eigenvalue weighted by atomic mass is 9.75. The molecule has 5 rings (SSSR count). The molecular formula is C23H30N8O3. The number of aromatic nitrogens is 4. The lowest BCUT2D eigenvalue weighted by Gasteiger charge is -2.51. The van der Waals surface area contributed by atoms with Gasteiger partial charge >= 0.3 is 0 Å². The van der Waals surface area contributed by atoms with E-state index >= 15 is 0 Å². The summed E-state index contributed by atoms with van der Waals surface area (Å²) in [5.74, 6) is 0.247. The van der Waals surface area contributed by atoms with Gasteiger partial charge in [-0.2, -0.15) is 9.97 Å². The summed E-state index contributed by atoms with van der Waals surface area (Å²) in [5, 5.41) is 11.5. The highest BCUT2D eigenvalue weighted by Gasteiger charge is 2.50. The number of carbonyl (C=O) groups excluding carboxylic acids is 1. The summed E-state index contributed by atoms with van der Waals surface area (Å²) in [6, 6.07) is 6.98. The molecule has 2 saturated heterocycles. The van der Waals surface area contributed by atoms with Crippen LogP contribution in [0.15, 0.2) is 30.6 Å². The highest BCUT2D eigenvalue weighted by molar-refractivity contribution is 5.94. The van der Waals surface area contributed by atoms with E-state index in [0.29, 0.717) is 55.6 Å². The first kappa shape index (κ1) is 22.5. The van der Waals surface area contributed by atoms with Crippen LogP contribution < -0.4 is 17.2 Å². The highest BCUT2D eigenvalue weighted by Crippen LogP contribution is 2.44. The standard InChI is InChI=1S/C23H30N8O3/c1-22(33)12-23(6-8-30(9-7-23)20(32)15-4-2-14(10-24)3-5-15)34-11-16(22)31-13-27-17-18(25)28-21(26)29-19(17)31/h2-5,13,16,33H,6-12,24H2,1H3,(H4,25,26,28,29)/t16-,22-/m0/s1. The molecular weight excluding hydrogens is 436 g/mol. The number of nitrogens with zero attached hydrogens (tertiary/aromatic N) is 5. The molecule has 0 radical (unpaired) electrons. The molecule has 2 aromatic heterocycles. The highest BCUT2D eigenvalue weighted by atomic mass is 16.5. The number of rotatable bonds is 3. The SMILES string of the molecule is C[C@]1(O)CC2(CCN(C(=O)c3ccc(CN)cc3)CC2)OC[C@@H]1n1cnc2c(N)nc(N)nc21. The lowest BCUT2D eigenvalue weighted by molar-refractivity contribution is -0.194. The van der Waals surface area contributed by atoms with Gasteiger partial charge in [0.05, 0.1) is 30.2 Å². The molecule has 0 bridgehead atoms. The first-order chi connectivity index (χ1) is 16.2. The van der Waals surface area contributed by atoms with Gasteiger partial charge in [0.1, 0.15) is 5.52 Å². The number of ether oxygens (including phenoxy) is 1. The maximum atomic E-state index is 12.9. The van der Waals surface area contributed by atoms with Crippen LogP contribution in [0, 0.1) is 0 Å². The van der Waals surface area contributed by atoms with Gasteiger partial charge in [-0.05, 0) is 37.5 Å². The van der Waals surface area contributed by atoms with Gasteiger partial charge in [-0.15, -0.1) is 0 Å². The number of carbonyl (C=O) groups is 1. The van der Waals surface area contributed by atoms with Crippen molar-refractivity contribution in [3.63, 3.8) is 0 Å². The second kappa shape index (κ2) is 8.19. The van der Waals surface area contributed by atoms with Crippen LogP contribution in [0.5, 0.6) is 0 Å². The number of piperidine rings is 1. The minimum atomic E-state index is -1.09. The van der Waals surface area contributed by atoms with E-state index in [-0.39, 0.29) is 24.3 Å². The second-order valence-electron chi connectivity index (χ2n) is 9.53. The minimum absolute atomic E-state index is 0.00128. The van der Waals surface area contributed by atoms with Gasteiger partial charge in [-0.25, -0.2) is 4.98 Å². The van der Waals surface area contributed by atoms with Gasteiger partial charge in [0.25, 0.3) is 5.91 Å². The van der Waals surface area contributed by atoms with Gasteiger partial charge in [-0.3, -0.25) is 4.79 Å². The second-order valence-corrected chi connectivity index (χ2v) is 9.53. The van der Waals surface area contributed by atoms with E-state index in [4.69, 9.17) is 21.9 Å². The Morgan fingerprint density at radius 3 is 2.56 bits per heavy atom. The monoisotopic (exact) mass is 466 g/mol. The molecule has 11 nitrogen and oxygen atoms in total. The molecule has 180 valence electrons. The third kappa shape index (κ3) is 3.85. The molecule has 0 unspecified atom stereocenters. The number of amides is 1. The average molecular weight is 467 g/mol. The van der Waals surface area contributed by atoms with Crippen molar-refractivity contribution in [1.29, 1.82) is 0 Å². The zero-order valence-corrected chi connectivity index (χ0v) is 19.1. The van der Waals surface area contributed by atoms with Crippen LogP contribution >= 0.6 is 0 Å². The molecule has 2 atom stereocenters. The maximum Gasteiger partial charge on any atom is 0.253 e. The Morgan fingerprint density at radius 1 is 1.21 bits per heavy atom. The summed E-state index contributed by atoms with van der Waals surface area (Å²) in [5.41, 5.74) is 18.3. The fraction of sp³-hybridized carbons (Fsp3) is 0.478. The molecule has 2 fully saturated rings. The van der Waals surface area contributed by atoms with Crippen molar-refractivity contribution in [1.82, 2.24) is 24.4 Å². The zero-order valence-electron chi connectivity index (χ0n) is 19.1. The van der Waals surface area contributed by atoms with Crippen molar-refractivity contribution < 1.29 is 14.6 Å². The maximum absolute atomic E-state index is 12.9. The largest absolute Gasteiger partial charge is 0.388 e. The van der Waals surface area contributed by atoms with Crippen molar-refractivity contribution in [2.45, 2.75) is 50.0 Å². The summed E-state index contributed by atoms with van der Waals surface area (Å²) in [4.78, 5) is 27.3. The first-order valence-electron chi connectivity index (χ1n) is 11.4. The summed E-state index contributed by atoms with van der Waals surface area (Å²) in [7, 11) is 0. The normalized spacial score (nSPS) is 24.6. The Labute approximate surface area is 196 Å². The molecule has 0 saturated carbocycles. The summed E-state index contributed by atoms with van der Waals surface area (Å²) < 4.78 is 8.15. The van der Waals surface area contributed by atoms with Crippen LogP contribution in [-0.4, -0.2) is 66.3 Å². The number of benzene rings is 1. The molecule has 3 aromatic rings. The number of aliphatic hydroxyl groups is 1. The average Bonchev–Trinajstić information content (AvgIpc) is 3.22. The first-order valence-corrected chi connectivity index (χ1v) is 11.4. The van der Waals surface area contributed by atoms with Gasteiger partial charge in [0, 0.05) is 31.6 Å². The van der Waals surface area contributed by atoms with E-state index in [9.17, 15) is 9.90 Å². The fourth-order valence-corrected chi connectivity index (χ4v) is 5.22. The summed E-state index contributed by atoms with van der Waals surface area (Å²) in [6.07, 6.45) is 3.31. The van der Waals surface area contributed by atoms with Crippen LogP contribution in [0.2, 0.25) is 0 Å². The minimum Gasteiger partial charge on any atom is -0.388 e. The Hall–Kier alpha value is -3.28. The smallest absolute Gasteiger partial charge is 0.253 e. The molecule has 4 heterocycles. The van der Waals surface area contributed by atoms with Crippen molar-refractivity contribution in [2.24, 2.45) is 5.73 Å². The number of anilines is 2. The Kier molecular flexibility index (Phi) is 5.42. The van der Waals surface area contributed by atoms with E-state index in [1.54, 1.807) is 17.8 Å². The Morgan fingerprint density at radius 2 is 1.91 bits per heavy atom. The van der Waals surface area contributed by atoms with Gasteiger partial charge in [0.2, 0.25) is 5.95 Å². The number of hydrogen-bond acceptors (Lipinski definition) is 9. The number of hydrogen-bond donors (Lipinski definition) is 4. The quantitative estimate of drug-likeness (QED) is 0.436. The number of fused-ring (bicyclic) bond motifs is 1. The van der Waals surface area contributed by atoms with Crippen molar-refractivity contribution in [2.75, 3.05) is 31.2 Å². The van der Waals surface area contributed by atoms with Crippen LogP contribution in [0.1, 0.15) is 48.1 Å². The Balaban J connectivity index is 1.29. The lowest BCUT2D eigenvalue weighted by Crippen LogP contribution is -2.58. The third-order valence-electron chi connectivity index (χ3n) is 7.15. The summed E-state index contributed by atoms with van der Waals surface area (Å²) in [6.45, 7) is 3.65. The molecule has 1 amide bonds. The molecule has 34 heavy (non-hydrogen) atoms. The van der Waals surface area contributed by atoms with Crippen LogP contribution in [0.25, 0.3) is 11.2 Å². The van der Waals surface area contributed by atoms with Crippen LogP contribution in [-0.2, 0) is 11.3 Å². The molecule has 2 aliphatic rings. The van der Waals surface area contributed by atoms with Crippen LogP contribution in [0.3, 0.4) is 0 Å². The predicted octanol–water partition coefficient (Wildman–Crippen LogP) is 0.837. The Bertz CT molecular complexity index is 1210. The van der Waals surface area contributed by atoms with E-state index < -0.39 is 17.2 Å².